The molecular formula is C15H22O2. The summed E-state index contributed by atoms with van der Waals surface area (Å²) in [4.78, 5) is 11.1. The van der Waals surface area contributed by atoms with Gasteiger partial charge in [-0.25, -0.2) is 4.79 Å². The van der Waals surface area contributed by atoms with E-state index in [1.807, 2.05) is 0 Å². The maximum Gasteiger partial charge on any atom is 0.330 e. The molecule has 0 spiro atoms. The van der Waals surface area contributed by atoms with Crippen molar-refractivity contribution >= 4 is 5.97 Å². The van der Waals surface area contributed by atoms with Gasteiger partial charge in [-0.1, -0.05) is 13.0 Å². The Morgan fingerprint density at radius 2 is 1.82 bits per heavy atom. The van der Waals surface area contributed by atoms with Crippen molar-refractivity contribution in [3.05, 3.63) is 12.7 Å². The van der Waals surface area contributed by atoms with E-state index in [1.165, 1.54) is 44.6 Å². The van der Waals surface area contributed by atoms with E-state index < -0.39 is 0 Å². The molecule has 0 N–H and O–H groups in total. The molecule has 0 amide bonds. The van der Waals surface area contributed by atoms with Gasteiger partial charge in [0, 0.05) is 6.08 Å². The zero-order chi connectivity index (χ0) is 11.8. The highest BCUT2D eigenvalue weighted by Gasteiger charge is 2.49. The van der Waals surface area contributed by atoms with Crippen LogP contribution in [0.1, 0.15) is 38.5 Å². The Labute approximate surface area is 103 Å². The molecular weight excluding hydrogens is 212 g/mol. The standard InChI is InChI=1S/C15H22O2/c1-2-15(16)17-9-10-6-11-8-12(7-10)14-5-3-4-13(11)14/h2,10-14H,1,3-9H2. The highest BCUT2D eigenvalue weighted by atomic mass is 16.5. The molecule has 3 aliphatic carbocycles. The Bertz CT molecular complexity index is 305. The first-order valence-electron chi connectivity index (χ1n) is 7.07. The van der Waals surface area contributed by atoms with Crippen LogP contribution in [-0.4, -0.2) is 12.6 Å². The maximum atomic E-state index is 11.1. The largest absolute Gasteiger partial charge is 0.462 e. The van der Waals surface area contributed by atoms with Crippen molar-refractivity contribution in [2.45, 2.75) is 38.5 Å². The minimum Gasteiger partial charge on any atom is -0.462 e. The van der Waals surface area contributed by atoms with Crippen LogP contribution in [0.25, 0.3) is 0 Å². The van der Waals surface area contributed by atoms with Gasteiger partial charge in [0.25, 0.3) is 0 Å². The first-order valence-corrected chi connectivity index (χ1v) is 7.07. The highest BCUT2D eigenvalue weighted by molar-refractivity contribution is 5.81. The van der Waals surface area contributed by atoms with Crippen LogP contribution in [0.5, 0.6) is 0 Å². The van der Waals surface area contributed by atoms with Gasteiger partial charge in [0.05, 0.1) is 6.61 Å². The Balaban J connectivity index is 1.57. The summed E-state index contributed by atoms with van der Waals surface area (Å²) >= 11 is 0. The quantitative estimate of drug-likeness (QED) is 0.554. The van der Waals surface area contributed by atoms with Gasteiger partial charge in [-0.3, -0.25) is 0 Å². The van der Waals surface area contributed by atoms with Crippen LogP contribution in [0.4, 0.5) is 0 Å². The summed E-state index contributed by atoms with van der Waals surface area (Å²) in [6.07, 6.45) is 9.70. The number of carbonyl (C=O) groups excluding carboxylic acids is 1. The van der Waals surface area contributed by atoms with E-state index in [9.17, 15) is 4.79 Å². The second kappa shape index (κ2) is 4.47. The topological polar surface area (TPSA) is 26.3 Å². The lowest BCUT2D eigenvalue weighted by molar-refractivity contribution is -0.139. The molecule has 0 aromatic heterocycles. The second-order valence-corrected chi connectivity index (χ2v) is 6.19. The highest BCUT2D eigenvalue weighted by Crippen LogP contribution is 2.57. The van der Waals surface area contributed by atoms with Crippen molar-refractivity contribution in [1.82, 2.24) is 0 Å². The average Bonchev–Trinajstić information content (AvgIpc) is 2.91. The van der Waals surface area contributed by atoms with Gasteiger partial charge in [-0.15, -0.1) is 0 Å². The van der Waals surface area contributed by atoms with Crippen LogP contribution in [0, 0.1) is 29.6 Å². The fourth-order valence-electron chi connectivity index (χ4n) is 4.82. The summed E-state index contributed by atoms with van der Waals surface area (Å²) in [5, 5.41) is 0. The molecule has 4 atom stereocenters. The zero-order valence-electron chi connectivity index (χ0n) is 10.4. The number of fused-ring (bicyclic) bond motifs is 5. The molecule has 0 heterocycles. The number of carbonyl (C=O) groups is 1. The van der Waals surface area contributed by atoms with Crippen LogP contribution in [-0.2, 0) is 9.53 Å². The predicted molar refractivity (Wildman–Crippen MR) is 66.3 cm³/mol. The Morgan fingerprint density at radius 3 is 2.41 bits per heavy atom. The van der Waals surface area contributed by atoms with Crippen molar-refractivity contribution in [1.29, 1.82) is 0 Å². The van der Waals surface area contributed by atoms with E-state index in [1.54, 1.807) is 0 Å². The SMILES string of the molecule is C=CC(=O)OCC1CC2CC(C1)C1CCCC21. The molecule has 3 aliphatic rings. The smallest absolute Gasteiger partial charge is 0.330 e. The fourth-order valence-corrected chi connectivity index (χ4v) is 4.82. The minimum absolute atomic E-state index is 0.261. The average molecular weight is 234 g/mol. The van der Waals surface area contributed by atoms with Crippen LogP contribution in [0.3, 0.4) is 0 Å². The molecule has 0 aromatic carbocycles. The number of ether oxygens (including phenoxy) is 1. The number of esters is 1. The number of hydrogen-bond acceptors (Lipinski definition) is 2. The third-order valence-electron chi connectivity index (χ3n) is 5.34. The van der Waals surface area contributed by atoms with E-state index in [0.717, 1.165) is 23.7 Å². The fraction of sp³-hybridized carbons (Fsp3) is 0.800. The molecule has 0 aliphatic heterocycles. The number of hydrogen-bond donors (Lipinski definition) is 0. The van der Waals surface area contributed by atoms with Gasteiger partial charge < -0.3 is 4.74 Å². The molecule has 94 valence electrons. The zero-order valence-corrected chi connectivity index (χ0v) is 10.4. The molecule has 0 aromatic rings. The molecule has 0 saturated heterocycles. The predicted octanol–water partition coefficient (Wildman–Crippen LogP) is 3.18. The van der Waals surface area contributed by atoms with Crippen molar-refractivity contribution < 1.29 is 9.53 Å². The minimum atomic E-state index is -0.261. The monoisotopic (exact) mass is 234 g/mol. The van der Waals surface area contributed by atoms with Crippen LogP contribution in [0.15, 0.2) is 12.7 Å². The van der Waals surface area contributed by atoms with E-state index in [-0.39, 0.29) is 5.97 Å². The van der Waals surface area contributed by atoms with Crippen LogP contribution < -0.4 is 0 Å². The van der Waals surface area contributed by atoms with Crippen molar-refractivity contribution in [3.63, 3.8) is 0 Å². The number of rotatable bonds is 3. The lowest BCUT2D eigenvalue weighted by Gasteiger charge is -2.29. The summed E-state index contributed by atoms with van der Waals surface area (Å²) in [7, 11) is 0. The maximum absolute atomic E-state index is 11.1. The van der Waals surface area contributed by atoms with Gasteiger partial charge in [-0.05, 0) is 61.7 Å². The van der Waals surface area contributed by atoms with Gasteiger partial charge in [0.1, 0.15) is 0 Å². The van der Waals surface area contributed by atoms with E-state index >= 15 is 0 Å². The summed E-state index contributed by atoms with van der Waals surface area (Å²) in [6, 6.07) is 0. The van der Waals surface area contributed by atoms with E-state index in [4.69, 9.17) is 4.74 Å². The van der Waals surface area contributed by atoms with Crippen LogP contribution >= 0.6 is 0 Å². The molecule has 3 fully saturated rings. The van der Waals surface area contributed by atoms with Gasteiger partial charge in [-0.2, -0.15) is 0 Å². The normalized spacial score (nSPS) is 43.2. The Morgan fingerprint density at radius 1 is 1.18 bits per heavy atom. The van der Waals surface area contributed by atoms with Gasteiger partial charge in [0.15, 0.2) is 0 Å². The second-order valence-electron chi connectivity index (χ2n) is 6.19. The lowest BCUT2D eigenvalue weighted by Crippen LogP contribution is -2.23. The summed E-state index contributed by atoms with van der Waals surface area (Å²) in [6.45, 7) is 4.06. The Kier molecular flexibility index (Phi) is 2.97. The third-order valence-corrected chi connectivity index (χ3v) is 5.34. The summed E-state index contributed by atoms with van der Waals surface area (Å²) in [5.41, 5.74) is 0. The first kappa shape index (κ1) is 11.3. The van der Waals surface area contributed by atoms with Crippen LogP contribution in [0.2, 0.25) is 0 Å². The van der Waals surface area contributed by atoms with E-state index in [0.29, 0.717) is 12.5 Å². The first-order chi connectivity index (χ1) is 8.28. The van der Waals surface area contributed by atoms with Gasteiger partial charge in [0.2, 0.25) is 0 Å². The lowest BCUT2D eigenvalue weighted by atomic mass is 9.78. The van der Waals surface area contributed by atoms with Crippen molar-refractivity contribution in [2.24, 2.45) is 29.6 Å². The molecule has 2 heteroatoms. The van der Waals surface area contributed by atoms with Gasteiger partial charge >= 0.3 is 5.97 Å². The molecule has 0 radical (unpaired) electrons. The third kappa shape index (κ3) is 2.02. The van der Waals surface area contributed by atoms with Crippen molar-refractivity contribution in [2.75, 3.05) is 6.61 Å². The molecule has 2 nitrogen and oxygen atoms in total. The summed E-state index contributed by atoms with van der Waals surface area (Å²) in [5.74, 6) is 4.26. The molecule has 2 bridgehead atoms. The Hall–Kier alpha value is -0.790. The molecule has 4 unspecified atom stereocenters. The summed E-state index contributed by atoms with van der Waals surface area (Å²) < 4.78 is 5.22. The van der Waals surface area contributed by atoms with E-state index in [2.05, 4.69) is 6.58 Å². The molecule has 17 heavy (non-hydrogen) atoms. The van der Waals surface area contributed by atoms with Crippen molar-refractivity contribution in [3.8, 4) is 0 Å². The molecule has 3 saturated carbocycles. The molecule has 3 rings (SSSR count).